The summed E-state index contributed by atoms with van der Waals surface area (Å²) in [5.41, 5.74) is 2.03. The average molecular weight is 492 g/mol. The number of anilines is 2. The molecule has 36 heavy (non-hydrogen) atoms. The van der Waals surface area contributed by atoms with E-state index in [1.165, 1.54) is 17.4 Å². The van der Waals surface area contributed by atoms with Gasteiger partial charge < -0.3 is 15.0 Å². The fourth-order valence-electron chi connectivity index (χ4n) is 4.47. The number of ether oxygens (including phenoxy) is 1. The topological polar surface area (TPSA) is 98.5 Å². The van der Waals surface area contributed by atoms with Gasteiger partial charge in [0.1, 0.15) is 0 Å². The number of benzene rings is 2. The molecule has 1 atom stereocenters. The molecule has 190 valence electrons. The van der Waals surface area contributed by atoms with E-state index >= 15 is 0 Å². The lowest BCUT2D eigenvalue weighted by atomic mass is 10.0. The van der Waals surface area contributed by atoms with Gasteiger partial charge in [0.15, 0.2) is 0 Å². The first-order valence-electron chi connectivity index (χ1n) is 12.3. The van der Waals surface area contributed by atoms with Crippen LogP contribution in [0.4, 0.5) is 11.6 Å². The van der Waals surface area contributed by atoms with Crippen LogP contribution in [0.3, 0.4) is 0 Å². The summed E-state index contributed by atoms with van der Waals surface area (Å²) >= 11 is 0. The van der Waals surface area contributed by atoms with E-state index < -0.39 is 23.3 Å². The van der Waals surface area contributed by atoms with Gasteiger partial charge in [-0.2, -0.15) is 4.98 Å². The Morgan fingerprint density at radius 1 is 1.06 bits per heavy atom. The highest BCUT2D eigenvalue weighted by atomic mass is 16.5. The molecule has 1 fully saturated rings. The molecule has 0 unspecified atom stereocenters. The SMILES string of the molecule is COC(=O)[C@@H](C)Cn1c(=O)nc(NC2CCN(c3ccccc3)CC2)n(Cc2ccc(C)cc2)c1=O. The number of piperidine rings is 1. The van der Waals surface area contributed by atoms with Crippen LogP contribution < -0.4 is 21.6 Å². The number of rotatable bonds is 8. The van der Waals surface area contributed by atoms with Crippen LogP contribution >= 0.6 is 0 Å². The molecule has 2 heterocycles. The van der Waals surface area contributed by atoms with Crippen LogP contribution in [-0.2, 0) is 22.6 Å². The second-order valence-electron chi connectivity index (χ2n) is 9.35. The van der Waals surface area contributed by atoms with E-state index in [1.54, 1.807) is 6.92 Å². The number of aryl methyl sites for hydroxylation is 1. The number of nitrogens with zero attached hydrogens (tertiary/aromatic N) is 4. The Hall–Kier alpha value is -3.88. The third kappa shape index (κ3) is 5.84. The van der Waals surface area contributed by atoms with E-state index in [1.807, 2.05) is 49.4 Å². The van der Waals surface area contributed by atoms with Crippen molar-refractivity contribution >= 4 is 17.6 Å². The Bertz CT molecular complexity index is 1290. The van der Waals surface area contributed by atoms with Gasteiger partial charge in [0.05, 0.1) is 19.6 Å². The van der Waals surface area contributed by atoms with Crippen molar-refractivity contribution in [3.8, 4) is 0 Å². The Kier molecular flexibility index (Phi) is 7.87. The number of aromatic nitrogens is 3. The zero-order valence-electron chi connectivity index (χ0n) is 21.0. The van der Waals surface area contributed by atoms with Gasteiger partial charge >= 0.3 is 17.3 Å². The molecule has 1 saturated heterocycles. The van der Waals surface area contributed by atoms with Crippen LogP contribution in [0.1, 0.15) is 30.9 Å². The summed E-state index contributed by atoms with van der Waals surface area (Å²) in [6.07, 6.45) is 1.69. The van der Waals surface area contributed by atoms with Crippen molar-refractivity contribution < 1.29 is 9.53 Å². The molecule has 1 aromatic heterocycles. The zero-order chi connectivity index (χ0) is 25.7. The zero-order valence-corrected chi connectivity index (χ0v) is 21.0. The van der Waals surface area contributed by atoms with Gasteiger partial charge in [0.2, 0.25) is 5.95 Å². The van der Waals surface area contributed by atoms with Crippen molar-refractivity contribution in [2.24, 2.45) is 5.92 Å². The van der Waals surface area contributed by atoms with Crippen molar-refractivity contribution in [2.75, 3.05) is 30.4 Å². The molecule has 0 saturated carbocycles. The summed E-state index contributed by atoms with van der Waals surface area (Å²) < 4.78 is 7.26. The maximum Gasteiger partial charge on any atom is 0.354 e. The lowest BCUT2D eigenvalue weighted by Gasteiger charge is -2.34. The summed E-state index contributed by atoms with van der Waals surface area (Å²) in [6.45, 7) is 5.50. The maximum absolute atomic E-state index is 13.5. The molecule has 0 radical (unpaired) electrons. The van der Waals surface area contributed by atoms with Crippen LogP contribution in [-0.4, -0.2) is 46.3 Å². The van der Waals surface area contributed by atoms with E-state index in [0.29, 0.717) is 0 Å². The first-order chi connectivity index (χ1) is 17.4. The predicted octanol–water partition coefficient (Wildman–Crippen LogP) is 2.65. The van der Waals surface area contributed by atoms with Crippen LogP contribution in [0.5, 0.6) is 0 Å². The molecular formula is C27H33N5O4. The third-order valence-corrected chi connectivity index (χ3v) is 6.62. The van der Waals surface area contributed by atoms with Gasteiger partial charge in [-0.05, 0) is 37.5 Å². The third-order valence-electron chi connectivity index (χ3n) is 6.62. The molecule has 0 bridgehead atoms. The fraction of sp³-hybridized carbons (Fsp3) is 0.407. The van der Waals surface area contributed by atoms with Crippen LogP contribution in [0.2, 0.25) is 0 Å². The normalized spacial score (nSPS) is 14.9. The van der Waals surface area contributed by atoms with Gasteiger partial charge in [-0.1, -0.05) is 55.0 Å². The second-order valence-corrected chi connectivity index (χ2v) is 9.35. The molecule has 0 amide bonds. The van der Waals surface area contributed by atoms with Crippen molar-refractivity contribution in [2.45, 2.75) is 45.8 Å². The maximum atomic E-state index is 13.5. The molecule has 2 aromatic carbocycles. The first kappa shape index (κ1) is 25.2. The standard InChI is InChI=1S/C27H33N5O4/c1-19-9-11-21(12-10-19)18-31-25(29-26(34)32(27(31)35)17-20(2)24(33)36-3)28-22-13-15-30(16-14-22)23-7-5-4-6-8-23/h4-12,20,22H,13-18H2,1-3H3,(H,28,29,34)/t20-/m0/s1. The van der Waals surface area contributed by atoms with Gasteiger partial charge in [-0.3, -0.25) is 9.36 Å². The number of hydrogen-bond donors (Lipinski definition) is 1. The molecule has 1 N–H and O–H groups in total. The van der Waals surface area contributed by atoms with Gasteiger partial charge in [0.25, 0.3) is 0 Å². The van der Waals surface area contributed by atoms with Crippen molar-refractivity contribution in [3.63, 3.8) is 0 Å². The summed E-state index contributed by atoms with van der Waals surface area (Å²) in [5, 5.41) is 3.37. The summed E-state index contributed by atoms with van der Waals surface area (Å²) in [7, 11) is 1.28. The predicted molar refractivity (Wildman–Crippen MR) is 140 cm³/mol. The quantitative estimate of drug-likeness (QED) is 0.484. The molecule has 9 nitrogen and oxygen atoms in total. The Morgan fingerprint density at radius 2 is 1.72 bits per heavy atom. The van der Waals surface area contributed by atoms with E-state index in [4.69, 9.17) is 4.74 Å². The highest BCUT2D eigenvalue weighted by Crippen LogP contribution is 2.21. The molecular weight excluding hydrogens is 458 g/mol. The minimum absolute atomic E-state index is 0.0744. The van der Waals surface area contributed by atoms with Crippen LogP contribution in [0.15, 0.2) is 64.2 Å². The van der Waals surface area contributed by atoms with Gasteiger partial charge in [0, 0.05) is 31.4 Å². The Balaban J connectivity index is 1.60. The summed E-state index contributed by atoms with van der Waals surface area (Å²) in [4.78, 5) is 44.9. The first-order valence-corrected chi connectivity index (χ1v) is 12.3. The molecule has 9 heteroatoms. The molecule has 0 aliphatic carbocycles. The highest BCUT2D eigenvalue weighted by molar-refractivity contribution is 5.71. The van der Waals surface area contributed by atoms with E-state index in [0.717, 1.165) is 41.6 Å². The van der Waals surface area contributed by atoms with Gasteiger partial charge in [-0.25, -0.2) is 14.2 Å². The Morgan fingerprint density at radius 3 is 2.36 bits per heavy atom. The van der Waals surface area contributed by atoms with Crippen molar-refractivity contribution in [1.82, 2.24) is 14.1 Å². The lowest BCUT2D eigenvalue weighted by Crippen LogP contribution is -2.46. The van der Waals surface area contributed by atoms with Crippen LogP contribution in [0.25, 0.3) is 0 Å². The number of carbonyl (C=O) groups is 1. The number of esters is 1. The largest absolute Gasteiger partial charge is 0.469 e. The summed E-state index contributed by atoms with van der Waals surface area (Å²) in [6, 6.07) is 18.2. The lowest BCUT2D eigenvalue weighted by molar-refractivity contribution is -0.145. The second kappa shape index (κ2) is 11.2. The van der Waals surface area contributed by atoms with E-state index in [2.05, 4.69) is 27.3 Å². The summed E-state index contributed by atoms with van der Waals surface area (Å²) in [5.74, 6) is -0.888. The number of nitrogens with one attached hydrogen (secondary N) is 1. The van der Waals surface area contributed by atoms with Gasteiger partial charge in [-0.15, -0.1) is 0 Å². The van der Waals surface area contributed by atoms with E-state index in [-0.39, 0.29) is 25.1 Å². The number of para-hydroxylation sites is 1. The average Bonchev–Trinajstić information content (AvgIpc) is 2.90. The minimum Gasteiger partial charge on any atom is -0.469 e. The molecule has 1 aliphatic rings. The van der Waals surface area contributed by atoms with Crippen molar-refractivity contribution in [3.05, 3.63) is 86.7 Å². The van der Waals surface area contributed by atoms with Crippen molar-refractivity contribution in [1.29, 1.82) is 0 Å². The number of hydrogen-bond acceptors (Lipinski definition) is 7. The molecule has 4 rings (SSSR count). The molecule has 0 spiro atoms. The van der Waals surface area contributed by atoms with E-state index in [9.17, 15) is 14.4 Å². The molecule has 1 aliphatic heterocycles. The minimum atomic E-state index is -0.680. The Labute approximate surface area is 210 Å². The smallest absolute Gasteiger partial charge is 0.354 e. The monoisotopic (exact) mass is 491 g/mol. The fourth-order valence-corrected chi connectivity index (χ4v) is 4.47. The molecule has 3 aromatic rings. The highest BCUT2D eigenvalue weighted by Gasteiger charge is 2.23. The van der Waals surface area contributed by atoms with Crippen LogP contribution in [0, 0.1) is 12.8 Å². The number of carbonyl (C=O) groups excluding carboxylic acids is 1. The number of methoxy groups -OCH3 is 1.